The van der Waals surface area contributed by atoms with E-state index in [1.54, 1.807) is 0 Å². The zero-order valence-electron chi connectivity index (χ0n) is 7.93. The number of amides is 1. The Morgan fingerprint density at radius 3 is 2.07 bits per heavy atom. The highest BCUT2D eigenvalue weighted by molar-refractivity contribution is 7.92. The Kier molecular flexibility index (Phi) is 4.06. The number of nitrogens with two attached hydrogens (primary N) is 1. The lowest BCUT2D eigenvalue weighted by atomic mass is 10.2. The summed E-state index contributed by atoms with van der Waals surface area (Å²) in [6, 6.07) is 0. The predicted octanol–water partition coefficient (Wildman–Crippen LogP) is -1.00. The Bertz CT molecular complexity index is 334. The second-order valence-electron chi connectivity index (χ2n) is 3.11. The number of rotatable bonds is 5. The molecule has 82 valence electrons. The van der Waals surface area contributed by atoms with Crippen molar-refractivity contribution in [3.63, 3.8) is 0 Å². The summed E-state index contributed by atoms with van der Waals surface area (Å²) in [5.74, 6) is -3.80. The van der Waals surface area contributed by atoms with Crippen LogP contribution in [0.5, 0.6) is 0 Å². The average Bonchev–Trinajstić information content (AvgIpc) is 2.01. The predicted molar refractivity (Wildman–Crippen MR) is 49.2 cm³/mol. The highest BCUT2D eigenvalue weighted by Gasteiger charge is 2.29. The number of aliphatic carboxylic acids is 1. The van der Waals surface area contributed by atoms with Crippen LogP contribution in [0.4, 0.5) is 0 Å². The first-order valence-corrected chi connectivity index (χ1v) is 5.63. The first-order valence-electron chi connectivity index (χ1n) is 3.92. The zero-order chi connectivity index (χ0) is 11.5. The lowest BCUT2D eigenvalue weighted by molar-refractivity contribution is -0.140. The molecule has 2 atom stereocenters. The summed E-state index contributed by atoms with van der Waals surface area (Å²) in [7, 11) is -3.76. The SMILES string of the molecule is CC(CS(=O)(=O)C(C)C(N)=O)C(=O)O. The zero-order valence-corrected chi connectivity index (χ0v) is 8.74. The minimum absolute atomic E-state index is 0.577. The molecule has 0 heterocycles. The fourth-order valence-electron chi connectivity index (χ4n) is 0.741. The Morgan fingerprint density at radius 2 is 1.79 bits per heavy atom. The van der Waals surface area contributed by atoms with E-state index >= 15 is 0 Å². The Hall–Kier alpha value is -1.11. The van der Waals surface area contributed by atoms with E-state index in [-0.39, 0.29) is 0 Å². The summed E-state index contributed by atoms with van der Waals surface area (Å²) in [5, 5.41) is 7.14. The second kappa shape index (κ2) is 4.41. The van der Waals surface area contributed by atoms with Crippen LogP contribution in [0.15, 0.2) is 0 Å². The van der Waals surface area contributed by atoms with Crippen molar-refractivity contribution in [2.24, 2.45) is 11.7 Å². The number of carbonyl (C=O) groups is 2. The van der Waals surface area contributed by atoms with Gasteiger partial charge in [-0.3, -0.25) is 9.59 Å². The van der Waals surface area contributed by atoms with Gasteiger partial charge in [0.15, 0.2) is 9.84 Å². The first kappa shape index (κ1) is 12.9. The van der Waals surface area contributed by atoms with Crippen LogP contribution in [0, 0.1) is 5.92 Å². The van der Waals surface area contributed by atoms with Crippen LogP contribution >= 0.6 is 0 Å². The summed E-state index contributed by atoms with van der Waals surface area (Å²) in [6.45, 7) is 2.40. The first-order chi connectivity index (χ1) is 6.18. The van der Waals surface area contributed by atoms with Crippen LogP contribution in [0.1, 0.15) is 13.8 Å². The van der Waals surface area contributed by atoms with E-state index < -0.39 is 38.6 Å². The maximum atomic E-state index is 11.3. The molecule has 0 rings (SSSR count). The van der Waals surface area contributed by atoms with Gasteiger partial charge in [-0.05, 0) is 6.92 Å². The molecule has 0 saturated carbocycles. The Labute approximate surface area is 82.0 Å². The number of carboxylic acids is 1. The van der Waals surface area contributed by atoms with Gasteiger partial charge in [-0.2, -0.15) is 0 Å². The molecule has 0 fully saturated rings. The molecule has 2 unspecified atom stereocenters. The van der Waals surface area contributed by atoms with Gasteiger partial charge < -0.3 is 10.8 Å². The van der Waals surface area contributed by atoms with Crippen molar-refractivity contribution in [3.05, 3.63) is 0 Å². The standard InChI is InChI=1S/C7H13NO5S/c1-4(7(10)11)3-14(12,13)5(2)6(8)9/h4-5H,3H2,1-2H3,(H2,8,9)(H,10,11). The third kappa shape index (κ3) is 3.33. The summed E-state index contributed by atoms with van der Waals surface area (Å²) in [6.07, 6.45) is 0. The molecule has 0 aliphatic heterocycles. The normalized spacial score (nSPS) is 15.9. The van der Waals surface area contributed by atoms with Gasteiger partial charge in [0.25, 0.3) is 0 Å². The van der Waals surface area contributed by atoms with Gasteiger partial charge in [-0.25, -0.2) is 8.42 Å². The van der Waals surface area contributed by atoms with E-state index in [1.807, 2.05) is 0 Å². The number of hydrogen-bond acceptors (Lipinski definition) is 4. The molecule has 0 aliphatic rings. The van der Waals surface area contributed by atoms with E-state index in [9.17, 15) is 18.0 Å². The van der Waals surface area contributed by atoms with Crippen molar-refractivity contribution < 1.29 is 23.1 Å². The summed E-state index contributed by atoms with van der Waals surface area (Å²) >= 11 is 0. The average molecular weight is 223 g/mol. The summed E-state index contributed by atoms with van der Waals surface area (Å²) in [4.78, 5) is 21.0. The van der Waals surface area contributed by atoms with Crippen LogP contribution in [0.25, 0.3) is 0 Å². The third-order valence-electron chi connectivity index (χ3n) is 1.84. The van der Waals surface area contributed by atoms with Crippen molar-refractivity contribution in [2.75, 3.05) is 5.75 Å². The molecular weight excluding hydrogens is 210 g/mol. The van der Waals surface area contributed by atoms with Crippen LogP contribution in [-0.2, 0) is 19.4 Å². The van der Waals surface area contributed by atoms with Crippen molar-refractivity contribution in [3.8, 4) is 0 Å². The maximum Gasteiger partial charge on any atom is 0.307 e. The van der Waals surface area contributed by atoms with Crippen molar-refractivity contribution in [1.29, 1.82) is 0 Å². The summed E-state index contributed by atoms with van der Waals surface area (Å²) < 4.78 is 22.6. The highest BCUT2D eigenvalue weighted by atomic mass is 32.2. The van der Waals surface area contributed by atoms with E-state index in [4.69, 9.17) is 10.8 Å². The highest BCUT2D eigenvalue weighted by Crippen LogP contribution is 2.07. The molecule has 0 aromatic carbocycles. The van der Waals surface area contributed by atoms with E-state index in [0.29, 0.717) is 0 Å². The number of primary amides is 1. The molecule has 0 saturated heterocycles. The smallest absolute Gasteiger partial charge is 0.307 e. The van der Waals surface area contributed by atoms with Crippen LogP contribution < -0.4 is 5.73 Å². The molecule has 7 heteroatoms. The topological polar surface area (TPSA) is 115 Å². The van der Waals surface area contributed by atoms with Gasteiger partial charge in [-0.1, -0.05) is 6.92 Å². The molecule has 0 aromatic heterocycles. The number of carboxylic acid groups (broad SMARTS) is 1. The lowest BCUT2D eigenvalue weighted by Crippen LogP contribution is -2.37. The monoisotopic (exact) mass is 223 g/mol. The molecule has 0 radical (unpaired) electrons. The van der Waals surface area contributed by atoms with Crippen LogP contribution in [0.3, 0.4) is 0 Å². The van der Waals surface area contributed by atoms with Gasteiger partial charge >= 0.3 is 5.97 Å². The molecule has 0 aliphatic carbocycles. The molecule has 0 spiro atoms. The van der Waals surface area contributed by atoms with Gasteiger partial charge in [0, 0.05) is 0 Å². The molecule has 6 nitrogen and oxygen atoms in total. The van der Waals surface area contributed by atoms with E-state index in [0.717, 1.165) is 6.92 Å². The quantitative estimate of drug-likeness (QED) is 0.620. The minimum atomic E-state index is -3.76. The Balaban J connectivity index is 4.67. The van der Waals surface area contributed by atoms with Gasteiger partial charge in [0.05, 0.1) is 11.7 Å². The largest absolute Gasteiger partial charge is 0.481 e. The Morgan fingerprint density at radius 1 is 1.36 bits per heavy atom. The van der Waals surface area contributed by atoms with Crippen molar-refractivity contribution in [2.45, 2.75) is 19.1 Å². The van der Waals surface area contributed by atoms with Crippen LogP contribution in [-0.4, -0.2) is 36.4 Å². The van der Waals surface area contributed by atoms with Gasteiger partial charge in [-0.15, -0.1) is 0 Å². The molecule has 1 amide bonds. The van der Waals surface area contributed by atoms with E-state index in [2.05, 4.69) is 0 Å². The van der Waals surface area contributed by atoms with Gasteiger partial charge in [0.2, 0.25) is 5.91 Å². The fraction of sp³-hybridized carbons (Fsp3) is 0.714. The third-order valence-corrected chi connectivity index (χ3v) is 4.12. The summed E-state index contributed by atoms with van der Waals surface area (Å²) in [5.41, 5.74) is 4.81. The number of carbonyl (C=O) groups excluding carboxylic acids is 1. The van der Waals surface area contributed by atoms with Crippen molar-refractivity contribution >= 4 is 21.7 Å². The minimum Gasteiger partial charge on any atom is -0.481 e. The molecule has 0 aromatic rings. The lowest BCUT2D eigenvalue weighted by Gasteiger charge is -2.11. The number of hydrogen-bond donors (Lipinski definition) is 2. The number of sulfone groups is 1. The van der Waals surface area contributed by atoms with Crippen LogP contribution in [0.2, 0.25) is 0 Å². The molecule has 0 bridgehead atoms. The molecule has 14 heavy (non-hydrogen) atoms. The molecular formula is C7H13NO5S. The fourth-order valence-corrected chi connectivity index (χ4v) is 2.22. The second-order valence-corrected chi connectivity index (χ2v) is 5.48. The maximum absolute atomic E-state index is 11.3. The van der Waals surface area contributed by atoms with E-state index in [1.165, 1.54) is 6.92 Å². The van der Waals surface area contributed by atoms with Crippen molar-refractivity contribution in [1.82, 2.24) is 0 Å². The van der Waals surface area contributed by atoms with Gasteiger partial charge in [0.1, 0.15) is 5.25 Å². The molecule has 3 N–H and O–H groups in total.